The fourth-order valence-electron chi connectivity index (χ4n) is 4.27. The summed E-state index contributed by atoms with van der Waals surface area (Å²) in [4.78, 5) is 33.2. The van der Waals surface area contributed by atoms with Crippen molar-refractivity contribution in [3.05, 3.63) is 94.5 Å². The Kier molecular flexibility index (Phi) is 8.44. The van der Waals surface area contributed by atoms with Crippen LogP contribution in [0.5, 0.6) is 0 Å². The first-order valence-electron chi connectivity index (χ1n) is 12.2. The van der Waals surface area contributed by atoms with Gasteiger partial charge in [0.1, 0.15) is 6.04 Å². The van der Waals surface area contributed by atoms with Crippen molar-refractivity contribution in [2.45, 2.75) is 37.4 Å². The molecule has 4 rings (SSSR count). The highest BCUT2D eigenvalue weighted by Crippen LogP contribution is 2.27. The van der Waals surface area contributed by atoms with Gasteiger partial charge in [0.2, 0.25) is 22.1 Å². The maximum Gasteiger partial charge on any atom is 0.272 e. The highest BCUT2D eigenvalue weighted by atomic mass is 79.9. The van der Waals surface area contributed by atoms with Crippen molar-refractivity contribution < 1.29 is 18.0 Å². The summed E-state index contributed by atoms with van der Waals surface area (Å²) in [5.74, 6) is -1.08. The van der Waals surface area contributed by atoms with Crippen molar-refractivity contribution >= 4 is 49.2 Å². The van der Waals surface area contributed by atoms with Gasteiger partial charge in [-0.2, -0.15) is 4.72 Å². The number of benzene rings is 3. The molecule has 2 unspecified atom stereocenters. The molecule has 2 atom stereocenters. The molecule has 1 aliphatic heterocycles. The van der Waals surface area contributed by atoms with Crippen LogP contribution in [0.25, 0.3) is 0 Å². The third-order valence-corrected chi connectivity index (χ3v) is 8.60. The Morgan fingerprint density at radius 3 is 2.32 bits per heavy atom. The summed E-state index contributed by atoms with van der Waals surface area (Å²) in [6.07, 6.45) is -1.03. The predicted molar refractivity (Wildman–Crippen MR) is 152 cm³/mol. The quantitative estimate of drug-likeness (QED) is 0.408. The molecule has 0 saturated heterocycles. The van der Waals surface area contributed by atoms with Gasteiger partial charge >= 0.3 is 0 Å². The highest BCUT2D eigenvalue weighted by molar-refractivity contribution is 9.10. The van der Waals surface area contributed by atoms with Gasteiger partial charge in [-0.3, -0.25) is 9.59 Å². The van der Waals surface area contributed by atoms with Crippen LogP contribution < -0.4 is 14.9 Å². The minimum absolute atomic E-state index is 0.00666. The van der Waals surface area contributed by atoms with E-state index in [0.717, 1.165) is 11.1 Å². The molecule has 3 aromatic rings. The third-order valence-electron chi connectivity index (χ3n) is 6.12. The number of hydrogen-bond donors (Lipinski definition) is 2. The molecule has 38 heavy (non-hydrogen) atoms. The molecule has 198 valence electrons. The van der Waals surface area contributed by atoms with Crippen LogP contribution in [0.2, 0.25) is 0 Å². The van der Waals surface area contributed by atoms with Crippen LogP contribution in [0.4, 0.5) is 5.69 Å². The second-order valence-corrected chi connectivity index (χ2v) is 11.9. The van der Waals surface area contributed by atoms with Crippen molar-refractivity contribution in [2.24, 2.45) is 10.9 Å². The van der Waals surface area contributed by atoms with E-state index in [1.165, 1.54) is 11.0 Å². The first-order valence-corrected chi connectivity index (χ1v) is 14.4. The number of sulfonamides is 1. The number of anilines is 1. The summed E-state index contributed by atoms with van der Waals surface area (Å²) >= 11 is 3.27. The van der Waals surface area contributed by atoms with Crippen molar-refractivity contribution in [2.75, 3.05) is 11.9 Å². The molecule has 0 saturated carbocycles. The normalized spacial score (nSPS) is 16.4. The molecule has 0 aliphatic carbocycles. The van der Waals surface area contributed by atoms with Gasteiger partial charge in [-0.1, -0.05) is 74.5 Å². The fourth-order valence-corrected chi connectivity index (χ4v) is 6.48. The number of nitrogens with zero attached hydrogens (tertiary/aromatic N) is 2. The number of aliphatic imine (C=N–C) groups is 1. The molecule has 10 heteroatoms. The zero-order chi connectivity index (χ0) is 27.4. The summed E-state index contributed by atoms with van der Waals surface area (Å²) < 4.78 is 29.3. The van der Waals surface area contributed by atoms with E-state index in [1.807, 2.05) is 68.4 Å². The van der Waals surface area contributed by atoms with E-state index in [1.54, 1.807) is 25.2 Å². The summed E-state index contributed by atoms with van der Waals surface area (Å²) in [6, 6.07) is 22.1. The molecular weight excluding hydrogens is 568 g/mol. The molecule has 1 aliphatic rings. The number of para-hydroxylation sites is 1. The van der Waals surface area contributed by atoms with Crippen molar-refractivity contribution in [3.8, 4) is 0 Å². The van der Waals surface area contributed by atoms with Gasteiger partial charge in [0, 0.05) is 22.6 Å². The minimum atomic E-state index is -4.04. The number of carbonyl (C=O) groups excluding carboxylic acids is 2. The lowest BCUT2D eigenvalue weighted by Gasteiger charge is -2.24. The number of rotatable bonds is 8. The number of benzodiazepines with no additional fused rings is 1. The van der Waals surface area contributed by atoms with Gasteiger partial charge in [-0.25, -0.2) is 13.4 Å². The third kappa shape index (κ3) is 6.03. The highest BCUT2D eigenvalue weighted by Gasteiger charge is 2.34. The maximum absolute atomic E-state index is 13.5. The van der Waals surface area contributed by atoms with Crippen molar-refractivity contribution in [3.63, 3.8) is 0 Å². The van der Waals surface area contributed by atoms with E-state index >= 15 is 0 Å². The summed E-state index contributed by atoms with van der Waals surface area (Å²) in [5, 5.41) is 2.71. The number of amides is 2. The molecule has 8 nitrogen and oxygen atoms in total. The van der Waals surface area contributed by atoms with Gasteiger partial charge in [0.25, 0.3) is 5.91 Å². The Balaban J connectivity index is 1.69. The number of likely N-dealkylation sites (N-methyl/N-ethyl adjacent to an activating group) is 1. The Labute approximate surface area is 231 Å². The van der Waals surface area contributed by atoms with E-state index in [-0.39, 0.29) is 17.2 Å². The average molecular weight is 598 g/mol. The molecule has 2 amide bonds. The van der Waals surface area contributed by atoms with Crippen LogP contribution in [0, 0.1) is 5.92 Å². The van der Waals surface area contributed by atoms with E-state index in [0.29, 0.717) is 15.9 Å². The average Bonchev–Trinajstić information content (AvgIpc) is 2.99. The van der Waals surface area contributed by atoms with E-state index in [2.05, 4.69) is 26.0 Å². The zero-order valence-electron chi connectivity index (χ0n) is 21.3. The molecular formula is C28H29BrN4O4S. The molecule has 0 radical (unpaired) electrons. The monoisotopic (exact) mass is 596 g/mol. The molecule has 0 bridgehead atoms. The standard InChI is InChI=1S/C28H29BrN4O4S/c1-18(2)17-22(32-38(36,37)24-16-10-8-14-21(24)29)27(34)31-26-28(35)33(3)23-15-9-7-13-20(23)25(30-26)19-11-5-4-6-12-19/h4-16,18,22,26,32H,17H2,1-3H3,(H,31,34). The van der Waals surface area contributed by atoms with Crippen LogP contribution in [0.15, 0.2) is 93.2 Å². The lowest BCUT2D eigenvalue weighted by molar-refractivity contribution is -0.128. The summed E-state index contributed by atoms with van der Waals surface area (Å²) in [6.45, 7) is 3.78. The zero-order valence-corrected chi connectivity index (χ0v) is 23.7. The van der Waals surface area contributed by atoms with Crippen LogP contribution >= 0.6 is 15.9 Å². The Bertz CT molecular complexity index is 1470. The fraction of sp³-hybridized carbons (Fsp3) is 0.250. The number of hydrogen-bond acceptors (Lipinski definition) is 5. The van der Waals surface area contributed by atoms with E-state index in [9.17, 15) is 18.0 Å². The largest absolute Gasteiger partial charge is 0.325 e. The second-order valence-electron chi connectivity index (χ2n) is 9.40. The maximum atomic E-state index is 13.5. The number of fused-ring (bicyclic) bond motifs is 1. The topological polar surface area (TPSA) is 108 Å². The minimum Gasteiger partial charge on any atom is -0.325 e. The molecule has 3 aromatic carbocycles. The molecule has 0 spiro atoms. The van der Waals surface area contributed by atoms with Gasteiger partial charge in [0.05, 0.1) is 16.3 Å². The summed E-state index contributed by atoms with van der Waals surface area (Å²) in [7, 11) is -2.41. The lowest BCUT2D eigenvalue weighted by atomic mass is 10.0. The van der Waals surface area contributed by atoms with Gasteiger partial charge in [-0.05, 0) is 46.5 Å². The van der Waals surface area contributed by atoms with Crippen LogP contribution in [-0.2, 0) is 19.6 Å². The Hall–Kier alpha value is -3.34. The van der Waals surface area contributed by atoms with Gasteiger partial charge in [0.15, 0.2) is 0 Å². The van der Waals surface area contributed by atoms with E-state index < -0.39 is 34.0 Å². The lowest BCUT2D eigenvalue weighted by Crippen LogP contribution is -2.53. The number of carbonyl (C=O) groups is 2. The van der Waals surface area contributed by atoms with Crippen LogP contribution in [-0.4, -0.2) is 45.2 Å². The molecule has 0 fully saturated rings. The van der Waals surface area contributed by atoms with Crippen LogP contribution in [0.1, 0.15) is 31.4 Å². The predicted octanol–water partition coefficient (Wildman–Crippen LogP) is 4.10. The molecule has 2 N–H and O–H groups in total. The van der Waals surface area contributed by atoms with E-state index in [4.69, 9.17) is 4.99 Å². The van der Waals surface area contributed by atoms with Crippen molar-refractivity contribution in [1.82, 2.24) is 10.0 Å². The Morgan fingerprint density at radius 2 is 1.63 bits per heavy atom. The first kappa shape index (κ1) is 27.7. The SMILES string of the molecule is CC(C)CC(NS(=O)(=O)c1ccccc1Br)C(=O)NC1N=C(c2ccccc2)c2ccccc2N(C)C1=O. The smallest absolute Gasteiger partial charge is 0.272 e. The summed E-state index contributed by atoms with van der Waals surface area (Å²) in [5.41, 5.74) is 2.75. The van der Waals surface area contributed by atoms with Gasteiger partial charge in [-0.15, -0.1) is 0 Å². The Morgan fingerprint density at radius 1 is 1.00 bits per heavy atom. The van der Waals surface area contributed by atoms with Crippen molar-refractivity contribution in [1.29, 1.82) is 0 Å². The first-order chi connectivity index (χ1) is 18.1. The molecule has 0 aromatic heterocycles. The number of nitrogens with one attached hydrogen (secondary N) is 2. The second kappa shape index (κ2) is 11.6. The molecule has 1 heterocycles. The van der Waals surface area contributed by atoms with Gasteiger partial charge < -0.3 is 10.2 Å². The van der Waals surface area contributed by atoms with Crippen LogP contribution in [0.3, 0.4) is 0 Å². The number of halogens is 1.